The van der Waals surface area contributed by atoms with Crippen molar-refractivity contribution < 1.29 is 14.0 Å². The number of likely N-dealkylation sites (N-methyl/N-ethyl adjacent to an activating group) is 1. The molecule has 8 atom stereocenters. The lowest BCUT2D eigenvalue weighted by atomic mass is 9.47. The van der Waals surface area contributed by atoms with Crippen LogP contribution in [-0.4, -0.2) is 44.8 Å². The molecule has 0 aromatic carbocycles. The zero-order chi connectivity index (χ0) is 25.4. The smallest absolute Gasteiger partial charge is 0.282 e. The lowest BCUT2D eigenvalue weighted by Crippen LogP contribution is -2.60. The number of amides is 2. The number of nitrogens with zero attached hydrogens (tertiary/aromatic N) is 3. The van der Waals surface area contributed by atoms with Crippen LogP contribution in [0.25, 0.3) is 11.2 Å². The van der Waals surface area contributed by atoms with E-state index in [1.165, 1.54) is 0 Å². The first-order chi connectivity index (χ1) is 17.1. The van der Waals surface area contributed by atoms with Crippen LogP contribution in [0.2, 0.25) is 0 Å². The summed E-state index contributed by atoms with van der Waals surface area (Å²) in [6.45, 7) is 6.43. The fraction of sp³-hybridized carbons (Fsp3) is 0.643. The highest BCUT2D eigenvalue weighted by atomic mass is 19.1. The van der Waals surface area contributed by atoms with E-state index in [1.807, 2.05) is 19.1 Å². The molecule has 2 N–H and O–H groups in total. The number of rotatable bonds is 3. The van der Waals surface area contributed by atoms with Crippen molar-refractivity contribution in [3.8, 4) is 0 Å². The highest BCUT2D eigenvalue weighted by Crippen LogP contribution is 2.65. The molecule has 6 rings (SSSR count). The number of H-pyrrole nitrogens is 1. The molecule has 0 radical (unpaired) electrons. The number of pyridine rings is 1. The topological polar surface area (TPSA) is 91.0 Å². The van der Waals surface area contributed by atoms with Crippen LogP contribution in [0.4, 0.5) is 4.39 Å². The molecule has 0 bridgehead atoms. The monoisotopic (exact) mass is 493 g/mol. The Hall–Kier alpha value is -2.77. The van der Waals surface area contributed by atoms with Gasteiger partial charge in [-0.05, 0) is 86.8 Å². The maximum atomic E-state index is 14.6. The Balaban J connectivity index is 1.21. The van der Waals surface area contributed by atoms with E-state index in [0.29, 0.717) is 23.4 Å². The van der Waals surface area contributed by atoms with Gasteiger partial charge in [0.25, 0.3) is 5.91 Å². The minimum Gasteiger partial charge on any atom is -0.346 e. The van der Waals surface area contributed by atoms with Gasteiger partial charge in [-0.15, -0.1) is 0 Å². The summed E-state index contributed by atoms with van der Waals surface area (Å²) in [5, 5.41) is 3.23. The summed E-state index contributed by atoms with van der Waals surface area (Å²) in [7, 11) is 1.75. The van der Waals surface area contributed by atoms with Crippen LogP contribution in [0, 0.1) is 34.5 Å². The predicted octanol–water partition coefficient (Wildman–Crippen LogP) is 4.69. The molecule has 36 heavy (non-hydrogen) atoms. The minimum atomic E-state index is -0.608. The van der Waals surface area contributed by atoms with Gasteiger partial charge in [0.1, 0.15) is 5.82 Å². The fourth-order valence-electron chi connectivity index (χ4n) is 8.71. The van der Waals surface area contributed by atoms with Crippen LogP contribution in [0.5, 0.6) is 0 Å². The molecular formula is C28H36FN5O2. The van der Waals surface area contributed by atoms with E-state index in [2.05, 4.69) is 34.1 Å². The minimum absolute atomic E-state index is 0.0400. The van der Waals surface area contributed by atoms with Gasteiger partial charge < -0.3 is 15.2 Å². The Labute approximate surface area is 211 Å². The number of carbonyl (C=O) groups excluding carboxylic acids is 2. The van der Waals surface area contributed by atoms with Crippen LogP contribution in [0.1, 0.15) is 71.2 Å². The zero-order valence-corrected chi connectivity index (χ0v) is 21.6. The van der Waals surface area contributed by atoms with Gasteiger partial charge in [0.2, 0.25) is 5.91 Å². The van der Waals surface area contributed by atoms with E-state index < -0.39 is 11.7 Å². The van der Waals surface area contributed by atoms with Crippen LogP contribution in [0.15, 0.2) is 30.2 Å². The summed E-state index contributed by atoms with van der Waals surface area (Å²) in [6.07, 6.45) is 9.11. The number of carbonyl (C=O) groups is 2. The number of hydrogen-bond donors (Lipinski definition) is 2. The van der Waals surface area contributed by atoms with E-state index in [-0.39, 0.29) is 34.7 Å². The molecule has 3 aliphatic carbocycles. The van der Waals surface area contributed by atoms with Gasteiger partial charge in [0, 0.05) is 30.6 Å². The molecule has 2 aromatic rings. The standard InChI is InChI=1S/C28H36FN5O2/c1-15(23-32-21-6-5-13-30-24(21)33-23)31-25(35)19-9-8-17-16-7-10-22-28(3,14-20(29)26(36)34(22)4)18(16)11-12-27(17,19)2/h5-6,13-19,22H,7-12H2,1-4H3,(H,31,35)(H,30,32,33)/t15?,16?,17-,18?,19+,22?,27-,28+/m0/s1. The van der Waals surface area contributed by atoms with Crippen LogP contribution < -0.4 is 5.32 Å². The predicted molar refractivity (Wildman–Crippen MR) is 134 cm³/mol. The first-order valence-corrected chi connectivity index (χ1v) is 13.4. The van der Waals surface area contributed by atoms with E-state index in [0.717, 1.165) is 49.9 Å². The van der Waals surface area contributed by atoms with Gasteiger partial charge in [0.05, 0.1) is 11.6 Å². The summed E-state index contributed by atoms with van der Waals surface area (Å²) in [4.78, 5) is 39.7. The van der Waals surface area contributed by atoms with Gasteiger partial charge in [0.15, 0.2) is 11.5 Å². The lowest BCUT2D eigenvalue weighted by molar-refractivity contribution is -0.145. The average Bonchev–Trinajstić information content (AvgIpc) is 3.43. The van der Waals surface area contributed by atoms with Gasteiger partial charge in [-0.25, -0.2) is 14.4 Å². The van der Waals surface area contributed by atoms with Crippen LogP contribution in [-0.2, 0) is 9.59 Å². The van der Waals surface area contributed by atoms with Crippen LogP contribution >= 0.6 is 0 Å². The number of hydrogen-bond acceptors (Lipinski definition) is 4. The first-order valence-electron chi connectivity index (χ1n) is 13.4. The molecule has 2 aromatic heterocycles. The molecule has 0 saturated heterocycles. The molecule has 4 aliphatic rings. The van der Waals surface area contributed by atoms with Crippen molar-refractivity contribution in [3.05, 3.63) is 36.1 Å². The fourth-order valence-corrected chi connectivity index (χ4v) is 8.71. The quantitative estimate of drug-likeness (QED) is 0.649. The molecule has 0 spiro atoms. The summed E-state index contributed by atoms with van der Waals surface area (Å²) in [5.41, 5.74) is 1.11. The molecule has 1 aliphatic heterocycles. The summed E-state index contributed by atoms with van der Waals surface area (Å²) in [5.74, 6) is 0.917. The van der Waals surface area contributed by atoms with Crippen molar-refractivity contribution in [3.63, 3.8) is 0 Å². The van der Waals surface area contributed by atoms with Gasteiger partial charge in [-0.1, -0.05) is 13.8 Å². The zero-order valence-electron chi connectivity index (χ0n) is 21.6. The van der Waals surface area contributed by atoms with Gasteiger partial charge in [-0.2, -0.15) is 0 Å². The average molecular weight is 494 g/mol. The van der Waals surface area contributed by atoms with Crippen molar-refractivity contribution in [1.82, 2.24) is 25.2 Å². The largest absolute Gasteiger partial charge is 0.346 e. The number of imidazole rings is 1. The summed E-state index contributed by atoms with van der Waals surface area (Å²) < 4.78 is 14.6. The number of aromatic amines is 1. The van der Waals surface area contributed by atoms with Crippen LogP contribution in [0.3, 0.4) is 0 Å². The molecule has 192 valence electrons. The van der Waals surface area contributed by atoms with Crippen molar-refractivity contribution in [2.45, 2.75) is 71.4 Å². The number of nitrogens with one attached hydrogen (secondary N) is 2. The molecular weight excluding hydrogens is 457 g/mol. The van der Waals surface area contributed by atoms with Crippen molar-refractivity contribution in [2.24, 2.45) is 34.5 Å². The molecule has 3 saturated carbocycles. The Morgan fingerprint density at radius 1 is 1.22 bits per heavy atom. The highest BCUT2D eigenvalue weighted by Gasteiger charge is 2.62. The van der Waals surface area contributed by atoms with Crippen molar-refractivity contribution >= 4 is 23.0 Å². The normalized spacial score (nSPS) is 38.7. The first kappa shape index (κ1) is 23.6. The van der Waals surface area contributed by atoms with E-state index in [9.17, 15) is 14.0 Å². The second-order valence-electron chi connectivity index (χ2n) is 12.1. The van der Waals surface area contributed by atoms with E-state index in [4.69, 9.17) is 0 Å². The molecule has 3 heterocycles. The Morgan fingerprint density at radius 2 is 2.03 bits per heavy atom. The van der Waals surface area contributed by atoms with E-state index in [1.54, 1.807) is 24.2 Å². The van der Waals surface area contributed by atoms with Gasteiger partial charge in [-0.3, -0.25) is 9.59 Å². The number of fused-ring (bicyclic) bond motifs is 6. The lowest BCUT2D eigenvalue weighted by Gasteiger charge is -2.60. The van der Waals surface area contributed by atoms with Crippen molar-refractivity contribution in [1.29, 1.82) is 0 Å². The third-order valence-electron chi connectivity index (χ3n) is 10.5. The van der Waals surface area contributed by atoms with Gasteiger partial charge >= 0.3 is 0 Å². The second-order valence-corrected chi connectivity index (χ2v) is 12.1. The molecule has 3 fully saturated rings. The number of aromatic nitrogens is 3. The third-order valence-corrected chi connectivity index (χ3v) is 10.5. The maximum Gasteiger partial charge on any atom is 0.282 e. The second kappa shape index (κ2) is 8.12. The molecule has 4 unspecified atom stereocenters. The summed E-state index contributed by atoms with van der Waals surface area (Å²) >= 11 is 0. The summed E-state index contributed by atoms with van der Waals surface area (Å²) in [6, 6.07) is 3.62. The Bertz CT molecular complexity index is 1220. The Morgan fingerprint density at radius 3 is 2.81 bits per heavy atom. The molecule has 7 nitrogen and oxygen atoms in total. The molecule has 8 heteroatoms. The van der Waals surface area contributed by atoms with E-state index >= 15 is 0 Å². The molecule has 2 amide bonds. The van der Waals surface area contributed by atoms with Crippen molar-refractivity contribution in [2.75, 3.05) is 7.05 Å². The highest BCUT2D eigenvalue weighted by molar-refractivity contribution is 5.92. The third kappa shape index (κ3) is 3.28. The Kier molecular flexibility index (Phi) is 5.33. The maximum absolute atomic E-state index is 14.6. The number of halogens is 1. The SMILES string of the molecule is CC(NC(=O)[C@H]1CC[C@H]2C3CCC4N(C)C(=O)C(F)=C[C@]4(C)C3CC[C@]12C)c1nc2ncccc2[nH]1.